The molecule has 0 fully saturated rings. The van der Waals surface area contributed by atoms with E-state index >= 15 is 0 Å². The number of hydrogen-bond donors (Lipinski definition) is 0. The zero-order valence-corrected chi connectivity index (χ0v) is 14.5. The van der Waals surface area contributed by atoms with Crippen molar-refractivity contribution in [2.24, 2.45) is 0 Å². The number of aromatic nitrogens is 1. The summed E-state index contributed by atoms with van der Waals surface area (Å²) in [6.45, 7) is 3.43. The highest BCUT2D eigenvalue weighted by Gasteiger charge is 2.22. The molecule has 3 rings (SSSR count). The Kier molecular flexibility index (Phi) is 5.61. The molecule has 1 aliphatic rings. The second kappa shape index (κ2) is 8.08. The fraction of sp³-hybridized carbons (Fsp3) is 0.333. The summed E-state index contributed by atoms with van der Waals surface area (Å²) in [6.07, 6.45) is 5.34. The highest BCUT2D eigenvalue weighted by atomic mass is 32.1. The molecule has 0 atom stereocenters. The average molecular weight is 343 g/mol. The Labute approximate surface area is 146 Å². The molecular weight excluding hydrogens is 322 g/mol. The topological polar surface area (TPSA) is 45.7 Å². The van der Waals surface area contributed by atoms with Crippen LogP contribution in [0.2, 0.25) is 0 Å². The summed E-state index contributed by atoms with van der Waals surface area (Å²) in [7, 11) is 1.70. The predicted octanol–water partition coefficient (Wildman–Crippen LogP) is 2.65. The van der Waals surface area contributed by atoms with E-state index in [1.54, 1.807) is 30.7 Å². The summed E-state index contributed by atoms with van der Waals surface area (Å²) in [4.78, 5) is 22.2. The number of thiophene rings is 1. The van der Waals surface area contributed by atoms with Crippen LogP contribution in [0.5, 0.6) is 0 Å². The van der Waals surface area contributed by atoms with E-state index in [0.717, 1.165) is 29.3 Å². The predicted molar refractivity (Wildman–Crippen MR) is 97.1 cm³/mol. The second-order valence-corrected chi connectivity index (χ2v) is 6.55. The average Bonchev–Trinajstić information content (AvgIpc) is 3.05. The van der Waals surface area contributed by atoms with Crippen molar-refractivity contribution in [3.05, 3.63) is 52.4 Å². The summed E-state index contributed by atoms with van der Waals surface area (Å²) in [6, 6.07) is 7.94. The lowest BCUT2D eigenvalue weighted by Crippen LogP contribution is -2.36. The molecule has 126 valence electrons. The van der Waals surface area contributed by atoms with Gasteiger partial charge in [0.15, 0.2) is 0 Å². The van der Waals surface area contributed by atoms with E-state index in [9.17, 15) is 4.79 Å². The number of ether oxygens (including phenoxy) is 1. The van der Waals surface area contributed by atoms with Crippen LogP contribution in [0.1, 0.15) is 10.4 Å². The van der Waals surface area contributed by atoms with Crippen LogP contribution in [0.25, 0.3) is 6.08 Å². The minimum atomic E-state index is 0.0341. The Balaban J connectivity index is 1.74. The summed E-state index contributed by atoms with van der Waals surface area (Å²) in [5.41, 5.74) is 1.07. The van der Waals surface area contributed by atoms with Gasteiger partial charge in [0.05, 0.1) is 6.61 Å². The number of hydrogen-bond acceptors (Lipinski definition) is 5. The van der Waals surface area contributed by atoms with E-state index in [0.29, 0.717) is 19.7 Å². The van der Waals surface area contributed by atoms with Gasteiger partial charge in [0.1, 0.15) is 5.82 Å². The van der Waals surface area contributed by atoms with Crippen LogP contribution in [0.4, 0.5) is 5.82 Å². The fourth-order valence-corrected chi connectivity index (χ4v) is 3.34. The number of nitrogens with zero attached hydrogens (tertiary/aromatic N) is 3. The molecule has 3 heterocycles. The highest BCUT2D eigenvalue weighted by Crippen LogP contribution is 2.22. The highest BCUT2D eigenvalue weighted by molar-refractivity contribution is 7.10. The maximum atomic E-state index is 12.6. The lowest BCUT2D eigenvalue weighted by atomic mass is 10.2. The molecule has 5 nitrogen and oxygen atoms in total. The van der Waals surface area contributed by atoms with Gasteiger partial charge in [0, 0.05) is 56.0 Å². The zero-order chi connectivity index (χ0) is 16.8. The molecule has 6 heteroatoms. The molecule has 0 saturated carbocycles. The smallest absolute Gasteiger partial charge is 0.246 e. The summed E-state index contributed by atoms with van der Waals surface area (Å²) >= 11 is 1.62. The Morgan fingerprint density at radius 3 is 3.08 bits per heavy atom. The third-order valence-electron chi connectivity index (χ3n) is 3.98. The van der Waals surface area contributed by atoms with Gasteiger partial charge in [-0.1, -0.05) is 12.1 Å². The number of pyridine rings is 1. The lowest BCUT2D eigenvalue weighted by Gasteiger charge is -2.23. The van der Waals surface area contributed by atoms with Gasteiger partial charge < -0.3 is 14.5 Å². The summed E-state index contributed by atoms with van der Waals surface area (Å²) < 4.78 is 5.19. The van der Waals surface area contributed by atoms with Gasteiger partial charge in [-0.05, 0) is 23.6 Å². The van der Waals surface area contributed by atoms with Crippen LogP contribution >= 0.6 is 11.3 Å². The number of fused-ring (bicyclic) bond motifs is 1. The quantitative estimate of drug-likeness (QED) is 0.783. The number of amides is 1. The second-order valence-electron chi connectivity index (χ2n) is 5.57. The first-order chi connectivity index (χ1) is 11.8. The third kappa shape index (κ3) is 4.01. The SMILES string of the molecule is COCCN1CCN(C(=O)/C=C/c2cccs2)Cc2cccnc21. The van der Waals surface area contributed by atoms with Crippen LogP contribution in [-0.2, 0) is 16.1 Å². The maximum Gasteiger partial charge on any atom is 0.246 e. The first-order valence-electron chi connectivity index (χ1n) is 7.96. The Hall–Kier alpha value is -2.18. The zero-order valence-electron chi connectivity index (χ0n) is 13.7. The molecule has 0 bridgehead atoms. The van der Waals surface area contributed by atoms with Crippen LogP contribution in [-0.4, -0.2) is 49.1 Å². The van der Waals surface area contributed by atoms with Crippen molar-refractivity contribution in [1.29, 1.82) is 0 Å². The Morgan fingerprint density at radius 1 is 1.38 bits per heavy atom. The molecule has 0 unspecified atom stereocenters. The largest absolute Gasteiger partial charge is 0.383 e. The monoisotopic (exact) mass is 343 g/mol. The van der Waals surface area contributed by atoms with Gasteiger partial charge in [0.25, 0.3) is 0 Å². The van der Waals surface area contributed by atoms with Crippen LogP contribution in [0, 0.1) is 0 Å². The van der Waals surface area contributed by atoms with Gasteiger partial charge in [-0.15, -0.1) is 11.3 Å². The van der Waals surface area contributed by atoms with Gasteiger partial charge >= 0.3 is 0 Å². The third-order valence-corrected chi connectivity index (χ3v) is 4.82. The minimum absolute atomic E-state index is 0.0341. The number of carbonyl (C=O) groups is 1. The molecule has 0 aliphatic carbocycles. The molecular formula is C18H21N3O2S. The summed E-state index contributed by atoms with van der Waals surface area (Å²) in [5.74, 6) is 0.985. The molecule has 0 radical (unpaired) electrons. The van der Waals surface area contributed by atoms with Crippen molar-refractivity contribution in [2.75, 3.05) is 38.3 Å². The minimum Gasteiger partial charge on any atom is -0.383 e. The molecule has 1 aliphatic heterocycles. The molecule has 2 aromatic heterocycles. The number of rotatable bonds is 5. The van der Waals surface area contributed by atoms with Crippen LogP contribution < -0.4 is 4.90 Å². The number of anilines is 1. The van der Waals surface area contributed by atoms with Crippen molar-refractivity contribution in [2.45, 2.75) is 6.54 Å². The lowest BCUT2D eigenvalue weighted by molar-refractivity contribution is -0.126. The molecule has 0 N–H and O–H groups in total. The van der Waals surface area contributed by atoms with E-state index in [1.165, 1.54) is 0 Å². The van der Waals surface area contributed by atoms with Gasteiger partial charge in [-0.3, -0.25) is 4.79 Å². The van der Waals surface area contributed by atoms with Crippen molar-refractivity contribution in [3.63, 3.8) is 0 Å². The van der Waals surface area contributed by atoms with Crippen molar-refractivity contribution >= 4 is 29.1 Å². The van der Waals surface area contributed by atoms with Crippen molar-refractivity contribution in [1.82, 2.24) is 9.88 Å². The first kappa shape index (κ1) is 16.7. The number of carbonyl (C=O) groups excluding carboxylic acids is 1. The van der Waals surface area contributed by atoms with Crippen LogP contribution in [0.3, 0.4) is 0 Å². The van der Waals surface area contributed by atoms with E-state index < -0.39 is 0 Å². The normalized spacial score (nSPS) is 14.7. The van der Waals surface area contributed by atoms with E-state index in [-0.39, 0.29) is 5.91 Å². The Morgan fingerprint density at radius 2 is 2.29 bits per heavy atom. The molecule has 0 aromatic carbocycles. The number of methoxy groups -OCH3 is 1. The van der Waals surface area contributed by atoms with Gasteiger partial charge in [-0.25, -0.2) is 4.98 Å². The van der Waals surface area contributed by atoms with Gasteiger partial charge in [0.2, 0.25) is 5.91 Å². The summed E-state index contributed by atoms with van der Waals surface area (Å²) in [5, 5.41) is 2.01. The molecule has 1 amide bonds. The first-order valence-corrected chi connectivity index (χ1v) is 8.84. The molecule has 2 aromatic rings. The molecule has 0 saturated heterocycles. The molecule has 0 spiro atoms. The van der Waals surface area contributed by atoms with E-state index in [1.807, 2.05) is 40.6 Å². The van der Waals surface area contributed by atoms with E-state index in [2.05, 4.69) is 9.88 Å². The van der Waals surface area contributed by atoms with Crippen molar-refractivity contribution < 1.29 is 9.53 Å². The molecule has 24 heavy (non-hydrogen) atoms. The van der Waals surface area contributed by atoms with E-state index in [4.69, 9.17) is 4.74 Å². The maximum absolute atomic E-state index is 12.6. The fourth-order valence-electron chi connectivity index (χ4n) is 2.72. The van der Waals surface area contributed by atoms with Crippen molar-refractivity contribution in [3.8, 4) is 0 Å². The van der Waals surface area contributed by atoms with Gasteiger partial charge in [-0.2, -0.15) is 0 Å². The van der Waals surface area contributed by atoms with Crippen LogP contribution in [0.15, 0.2) is 41.9 Å². The Bertz CT molecular complexity index is 700. The standard InChI is InChI=1S/C18H21N3O2S/c1-23-12-11-20-9-10-21(14-15-4-2-8-19-18(15)20)17(22)7-6-16-5-3-13-24-16/h2-8,13H,9-12,14H2,1H3/b7-6+.